The van der Waals surface area contributed by atoms with Crippen molar-refractivity contribution in [3.05, 3.63) is 29.3 Å². The van der Waals surface area contributed by atoms with E-state index in [0.29, 0.717) is 24.3 Å². The van der Waals surface area contributed by atoms with Crippen molar-refractivity contribution in [2.75, 3.05) is 19.8 Å². The largest absolute Gasteiger partial charge is 0.380 e. The van der Waals surface area contributed by atoms with Gasteiger partial charge in [-0.2, -0.15) is 5.26 Å². The fraction of sp³-hybridized carbons (Fsp3) is 0.417. The van der Waals surface area contributed by atoms with E-state index in [9.17, 15) is 8.42 Å². The first-order valence-electron chi connectivity index (χ1n) is 5.59. The van der Waals surface area contributed by atoms with Crippen molar-refractivity contribution in [2.24, 2.45) is 0 Å². The average Bonchev–Trinajstić information content (AvgIpc) is 2.34. The number of sulfonamides is 1. The molecule has 5 nitrogen and oxygen atoms in total. The van der Waals surface area contributed by atoms with E-state index in [1.807, 2.05) is 13.0 Å². The van der Waals surface area contributed by atoms with Gasteiger partial charge in [-0.15, -0.1) is 0 Å². The molecule has 0 radical (unpaired) electrons. The van der Waals surface area contributed by atoms with Crippen LogP contribution in [-0.2, 0) is 14.8 Å². The Bertz CT molecular complexity index is 547. The number of nitriles is 1. The lowest BCUT2D eigenvalue weighted by Crippen LogP contribution is -2.27. The molecule has 0 saturated heterocycles. The lowest BCUT2D eigenvalue weighted by atomic mass is 10.1. The number of nitrogens with one attached hydrogen (secondary N) is 1. The van der Waals surface area contributed by atoms with Crippen LogP contribution in [0.3, 0.4) is 0 Å². The molecular formula is C12H16N2O3S. The van der Waals surface area contributed by atoms with Gasteiger partial charge in [-0.25, -0.2) is 13.1 Å². The van der Waals surface area contributed by atoms with E-state index in [2.05, 4.69) is 4.72 Å². The number of rotatable bonds is 6. The molecule has 1 aromatic carbocycles. The van der Waals surface area contributed by atoms with Crippen molar-refractivity contribution >= 4 is 10.0 Å². The minimum atomic E-state index is -3.53. The monoisotopic (exact) mass is 268 g/mol. The molecule has 0 bridgehead atoms. The van der Waals surface area contributed by atoms with E-state index in [-0.39, 0.29) is 11.4 Å². The summed E-state index contributed by atoms with van der Waals surface area (Å²) >= 11 is 0. The van der Waals surface area contributed by atoms with Gasteiger partial charge in [0.15, 0.2) is 0 Å². The zero-order valence-corrected chi connectivity index (χ0v) is 11.3. The Hall–Kier alpha value is -1.42. The summed E-state index contributed by atoms with van der Waals surface area (Å²) in [5.41, 5.74) is 1.12. The van der Waals surface area contributed by atoms with Crippen LogP contribution in [0.5, 0.6) is 0 Å². The fourth-order valence-electron chi connectivity index (χ4n) is 1.40. The van der Waals surface area contributed by atoms with Crippen LogP contribution in [-0.4, -0.2) is 28.2 Å². The molecule has 0 saturated carbocycles. The number of ether oxygens (including phenoxy) is 1. The van der Waals surface area contributed by atoms with Gasteiger partial charge in [0.05, 0.1) is 23.1 Å². The van der Waals surface area contributed by atoms with E-state index in [1.54, 1.807) is 6.92 Å². The molecule has 1 rings (SSSR count). The number of hydrogen-bond donors (Lipinski definition) is 1. The van der Waals surface area contributed by atoms with Gasteiger partial charge >= 0.3 is 0 Å². The average molecular weight is 268 g/mol. The number of hydrogen-bond acceptors (Lipinski definition) is 4. The molecule has 0 atom stereocenters. The first-order valence-corrected chi connectivity index (χ1v) is 7.07. The van der Waals surface area contributed by atoms with E-state index < -0.39 is 10.0 Å². The predicted molar refractivity (Wildman–Crippen MR) is 67.6 cm³/mol. The highest BCUT2D eigenvalue weighted by Crippen LogP contribution is 2.14. The SMILES string of the molecule is CCOCCNS(=O)(=O)c1ccc(C#N)c(C)c1. The second-order valence-corrected chi connectivity index (χ2v) is 5.45. The minimum Gasteiger partial charge on any atom is -0.380 e. The molecule has 0 unspecified atom stereocenters. The van der Waals surface area contributed by atoms with Gasteiger partial charge in [0, 0.05) is 13.2 Å². The summed E-state index contributed by atoms with van der Waals surface area (Å²) in [4.78, 5) is 0.162. The maximum absolute atomic E-state index is 11.9. The van der Waals surface area contributed by atoms with E-state index in [1.165, 1.54) is 18.2 Å². The van der Waals surface area contributed by atoms with Gasteiger partial charge in [-0.1, -0.05) is 0 Å². The molecule has 98 valence electrons. The van der Waals surface area contributed by atoms with Crippen molar-refractivity contribution in [3.63, 3.8) is 0 Å². The Labute approximate surface area is 107 Å². The van der Waals surface area contributed by atoms with Crippen molar-refractivity contribution < 1.29 is 13.2 Å². The Balaban J connectivity index is 2.80. The molecular weight excluding hydrogens is 252 g/mol. The normalized spacial score (nSPS) is 11.2. The molecule has 0 amide bonds. The van der Waals surface area contributed by atoms with Crippen LogP contribution >= 0.6 is 0 Å². The predicted octanol–water partition coefficient (Wildman–Crippen LogP) is 1.18. The van der Waals surface area contributed by atoms with Crippen LogP contribution in [0, 0.1) is 18.3 Å². The van der Waals surface area contributed by atoms with Gasteiger partial charge in [-0.3, -0.25) is 0 Å². The highest BCUT2D eigenvalue weighted by atomic mass is 32.2. The minimum absolute atomic E-state index is 0.162. The van der Waals surface area contributed by atoms with Crippen LogP contribution in [0.1, 0.15) is 18.1 Å². The third kappa shape index (κ3) is 3.81. The molecule has 18 heavy (non-hydrogen) atoms. The Kier molecular flexibility index (Phi) is 5.28. The molecule has 0 fully saturated rings. The second kappa shape index (κ2) is 6.50. The molecule has 1 N–H and O–H groups in total. The van der Waals surface area contributed by atoms with Gasteiger partial charge in [-0.05, 0) is 37.6 Å². The zero-order chi connectivity index (χ0) is 13.6. The quantitative estimate of drug-likeness (QED) is 0.786. The second-order valence-electron chi connectivity index (χ2n) is 3.68. The standard InChI is InChI=1S/C12H16N2O3S/c1-3-17-7-6-14-18(15,16)12-5-4-11(9-13)10(2)8-12/h4-5,8,14H,3,6-7H2,1-2H3. The van der Waals surface area contributed by atoms with Gasteiger partial charge < -0.3 is 4.74 Å². The van der Waals surface area contributed by atoms with Crippen molar-refractivity contribution in [3.8, 4) is 6.07 Å². The van der Waals surface area contributed by atoms with E-state index in [4.69, 9.17) is 10.00 Å². The van der Waals surface area contributed by atoms with E-state index >= 15 is 0 Å². The number of nitrogens with zero attached hydrogens (tertiary/aromatic N) is 1. The maximum atomic E-state index is 11.9. The zero-order valence-electron chi connectivity index (χ0n) is 10.4. The molecule has 0 aliphatic heterocycles. The molecule has 0 heterocycles. The maximum Gasteiger partial charge on any atom is 0.240 e. The number of benzene rings is 1. The summed E-state index contributed by atoms with van der Waals surface area (Å²) < 4.78 is 31.3. The fourth-order valence-corrected chi connectivity index (χ4v) is 2.50. The molecule has 1 aromatic rings. The third-order valence-corrected chi connectivity index (χ3v) is 3.83. The first-order chi connectivity index (χ1) is 8.51. The lowest BCUT2D eigenvalue weighted by Gasteiger charge is -2.08. The van der Waals surface area contributed by atoms with Gasteiger partial charge in [0.2, 0.25) is 10.0 Å². The molecule has 0 aromatic heterocycles. The Morgan fingerprint density at radius 2 is 2.17 bits per heavy atom. The molecule has 0 aliphatic rings. The van der Waals surface area contributed by atoms with Crippen LogP contribution in [0.4, 0.5) is 0 Å². The Morgan fingerprint density at radius 1 is 1.44 bits per heavy atom. The van der Waals surface area contributed by atoms with Crippen LogP contribution < -0.4 is 4.72 Å². The highest BCUT2D eigenvalue weighted by molar-refractivity contribution is 7.89. The molecule has 0 spiro atoms. The molecule has 0 aliphatic carbocycles. The highest BCUT2D eigenvalue weighted by Gasteiger charge is 2.14. The summed E-state index contributed by atoms with van der Waals surface area (Å²) in [5.74, 6) is 0. The van der Waals surface area contributed by atoms with Crippen LogP contribution in [0.15, 0.2) is 23.1 Å². The van der Waals surface area contributed by atoms with Gasteiger partial charge in [0.1, 0.15) is 0 Å². The Morgan fingerprint density at radius 3 is 2.72 bits per heavy atom. The van der Waals surface area contributed by atoms with E-state index in [0.717, 1.165) is 0 Å². The summed E-state index contributed by atoms with van der Waals surface area (Å²) in [6.45, 7) is 4.67. The van der Waals surface area contributed by atoms with Gasteiger partial charge in [0.25, 0.3) is 0 Å². The van der Waals surface area contributed by atoms with Crippen LogP contribution in [0.2, 0.25) is 0 Å². The lowest BCUT2D eigenvalue weighted by molar-refractivity contribution is 0.153. The summed E-state index contributed by atoms with van der Waals surface area (Å²) in [5, 5.41) is 8.78. The van der Waals surface area contributed by atoms with Crippen LogP contribution in [0.25, 0.3) is 0 Å². The van der Waals surface area contributed by atoms with Crippen molar-refractivity contribution in [2.45, 2.75) is 18.7 Å². The number of aryl methyl sites for hydroxylation is 1. The summed E-state index contributed by atoms with van der Waals surface area (Å²) in [6.07, 6.45) is 0. The topological polar surface area (TPSA) is 79.2 Å². The first kappa shape index (κ1) is 14.6. The smallest absolute Gasteiger partial charge is 0.240 e. The molecule has 6 heteroatoms. The third-order valence-electron chi connectivity index (χ3n) is 2.37. The van der Waals surface area contributed by atoms with Crippen molar-refractivity contribution in [1.82, 2.24) is 4.72 Å². The van der Waals surface area contributed by atoms with Crippen molar-refractivity contribution in [1.29, 1.82) is 5.26 Å². The summed E-state index contributed by atoms with van der Waals surface area (Å²) in [6, 6.07) is 6.42. The summed E-state index contributed by atoms with van der Waals surface area (Å²) in [7, 11) is -3.53.